The first-order valence-electron chi connectivity index (χ1n) is 12.1. The third kappa shape index (κ3) is 6.93. The summed E-state index contributed by atoms with van der Waals surface area (Å²) in [5.74, 6) is -0.132. The predicted octanol–water partition coefficient (Wildman–Crippen LogP) is 3.82. The van der Waals surface area contributed by atoms with E-state index in [-0.39, 0.29) is 27.1 Å². The molecular formula is C27H27N5O6S2. The van der Waals surface area contributed by atoms with Crippen molar-refractivity contribution < 1.29 is 26.4 Å². The van der Waals surface area contributed by atoms with E-state index in [1.54, 1.807) is 55.5 Å². The Kier molecular flexibility index (Phi) is 8.65. The van der Waals surface area contributed by atoms with Gasteiger partial charge in [0.2, 0.25) is 11.9 Å². The summed E-state index contributed by atoms with van der Waals surface area (Å²) in [6.07, 6.45) is 1.44. The summed E-state index contributed by atoms with van der Waals surface area (Å²) in [6, 6.07) is 21.2. The average molecular weight is 582 g/mol. The van der Waals surface area contributed by atoms with Gasteiger partial charge >= 0.3 is 0 Å². The predicted molar refractivity (Wildman–Crippen MR) is 151 cm³/mol. The number of carbonyl (C=O) groups is 1. The lowest BCUT2D eigenvalue weighted by Crippen LogP contribution is -2.38. The van der Waals surface area contributed by atoms with Gasteiger partial charge in [-0.25, -0.2) is 31.5 Å². The van der Waals surface area contributed by atoms with Crippen LogP contribution in [0.4, 0.5) is 17.3 Å². The minimum absolute atomic E-state index is 0.0244. The summed E-state index contributed by atoms with van der Waals surface area (Å²) in [4.78, 5) is 20.9. The maximum Gasteiger partial charge on any atom is 0.264 e. The zero-order valence-electron chi connectivity index (χ0n) is 21.7. The minimum atomic E-state index is -4.09. The van der Waals surface area contributed by atoms with Crippen molar-refractivity contribution in [2.24, 2.45) is 0 Å². The number of sulfonamides is 2. The number of aromatic nitrogens is 2. The van der Waals surface area contributed by atoms with Crippen LogP contribution in [0.5, 0.6) is 5.75 Å². The molecule has 11 nitrogen and oxygen atoms in total. The number of rotatable bonds is 11. The third-order valence-corrected chi connectivity index (χ3v) is 8.66. The SMILES string of the molecule is CCOc1ccc(N(CC(=O)Nc2ccc(S(=O)(=O)Nc3nccc(C)n3)cc2)S(=O)(=O)c2ccccc2)cc1. The normalized spacial score (nSPS) is 11.4. The molecule has 0 saturated heterocycles. The number of benzene rings is 3. The van der Waals surface area contributed by atoms with Crippen LogP contribution in [0.3, 0.4) is 0 Å². The standard InChI is InChI=1S/C27H27N5O6S2/c1-3-38-23-13-11-22(12-14-23)32(40(36,37)25-7-5-4-6-8-25)19-26(33)30-21-9-15-24(16-10-21)39(34,35)31-27-28-18-17-20(2)29-27/h4-18H,3,19H2,1-2H3,(H,30,33)(H,28,29,31). The summed E-state index contributed by atoms with van der Waals surface area (Å²) < 4.78 is 61.1. The van der Waals surface area contributed by atoms with Gasteiger partial charge in [0, 0.05) is 17.6 Å². The Morgan fingerprint density at radius 2 is 1.55 bits per heavy atom. The second kappa shape index (κ2) is 12.1. The maximum absolute atomic E-state index is 13.5. The van der Waals surface area contributed by atoms with Crippen molar-refractivity contribution in [3.8, 4) is 5.75 Å². The van der Waals surface area contributed by atoms with Gasteiger partial charge in [-0.15, -0.1) is 0 Å². The molecular weight excluding hydrogens is 554 g/mol. The van der Waals surface area contributed by atoms with Crippen molar-refractivity contribution in [2.75, 3.05) is 27.5 Å². The van der Waals surface area contributed by atoms with Crippen molar-refractivity contribution >= 4 is 43.3 Å². The lowest BCUT2D eigenvalue weighted by molar-refractivity contribution is -0.114. The molecule has 0 unspecified atom stereocenters. The fourth-order valence-electron chi connectivity index (χ4n) is 3.64. The lowest BCUT2D eigenvalue weighted by Gasteiger charge is -2.24. The molecule has 1 heterocycles. The average Bonchev–Trinajstić information content (AvgIpc) is 2.93. The van der Waals surface area contributed by atoms with Crippen molar-refractivity contribution in [3.05, 3.63) is 96.8 Å². The van der Waals surface area contributed by atoms with Crippen LogP contribution in [-0.2, 0) is 24.8 Å². The Labute approximate surface area is 233 Å². The Balaban J connectivity index is 1.52. The summed E-state index contributed by atoms with van der Waals surface area (Å²) in [7, 11) is -8.07. The monoisotopic (exact) mass is 581 g/mol. The van der Waals surface area contributed by atoms with Crippen LogP contribution >= 0.6 is 0 Å². The number of anilines is 3. The Morgan fingerprint density at radius 1 is 0.875 bits per heavy atom. The summed E-state index contributed by atoms with van der Waals surface area (Å²) >= 11 is 0. The molecule has 0 bridgehead atoms. The molecule has 0 radical (unpaired) electrons. The molecule has 1 amide bonds. The van der Waals surface area contributed by atoms with Gasteiger partial charge < -0.3 is 10.1 Å². The lowest BCUT2D eigenvalue weighted by atomic mass is 10.3. The van der Waals surface area contributed by atoms with Crippen LogP contribution in [0.15, 0.2) is 101 Å². The Hall–Kier alpha value is -4.49. The zero-order valence-corrected chi connectivity index (χ0v) is 23.3. The number of hydrogen-bond acceptors (Lipinski definition) is 8. The molecule has 0 aliphatic heterocycles. The molecule has 1 aromatic heterocycles. The van der Waals surface area contributed by atoms with Crippen molar-refractivity contribution in [1.82, 2.24) is 9.97 Å². The van der Waals surface area contributed by atoms with E-state index >= 15 is 0 Å². The first-order valence-corrected chi connectivity index (χ1v) is 15.0. The quantitative estimate of drug-likeness (QED) is 0.272. The first-order chi connectivity index (χ1) is 19.1. The largest absolute Gasteiger partial charge is 0.494 e. The zero-order chi connectivity index (χ0) is 28.8. The van der Waals surface area contributed by atoms with E-state index in [1.807, 2.05) is 6.92 Å². The number of hydrogen-bond donors (Lipinski definition) is 2. The first kappa shape index (κ1) is 28.5. The number of nitrogens with one attached hydrogen (secondary N) is 2. The number of carbonyl (C=O) groups excluding carboxylic acids is 1. The van der Waals surface area contributed by atoms with E-state index in [2.05, 4.69) is 20.0 Å². The fraction of sp³-hybridized carbons (Fsp3) is 0.148. The molecule has 0 atom stereocenters. The van der Waals surface area contributed by atoms with Crippen LogP contribution in [0.25, 0.3) is 0 Å². The molecule has 0 aliphatic carbocycles. The minimum Gasteiger partial charge on any atom is -0.494 e. The van der Waals surface area contributed by atoms with E-state index in [0.29, 0.717) is 18.1 Å². The van der Waals surface area contributed by atoms with Crippen molar-refractivity contribution in [2.45, 2.75) is 23.6 Å². The van der Waals surface area contributed by atoms with Gasteiger partial charge in [-0.3, -0.25) is 9.10 Å². The van der Waals surface area contributed by atoms with Crippen LogP contribution in [0.1, 0.15) is 12.6 Å². The van der Waals surface area contributed by atoms with Gasteiger partial charge in [0.25, 0.3) is 20.0 Å². The van der Waals surface area contributed by atoms with Gasteiger partial charge in [-0.2, -0.15) is 0 Å². The summed E-state index contributed by atoms with van der Waals surface area (Å²) in [5.41, 5.74) is 1.15. The molecule has 3 aromatic carbocycles. The molecule has 2 N–H and O–H groups in total. The highest BCUT2D eigenvalue weighted by Gasteiger charge is 2.27. The highest BCUT2D eigenvalue weighted by molar-refractivity contribution is 7.93. The number of amides is 1. The molecule has 208 valence electrons. The summed E-state index contributed by atoms with van der Waals surface area (Å²) in [5, 5.41) is 2.62. The van der Waals surface area contributed by atoms with Gasteiger partial charge in [0.1, 0.15) is 12.3 Å². The molecule has 0 fully saturated rings. The van der Waals surface area contributed by atoms with E-state index < -0.39 is 32.5 Å². The van der Waals surface area contributed by atoms with E-state index in [0.717, 1.165) is 4.31 Å². The van der Waals surface area contributed by atoms with Crippen LogP contribution in [-0.4, -0.2) is 45.9 Å². The smallest absolute Gasteiger partial charge is 0.264 e. The van der Waals surface area contributed by atoms with Gasteiger partial charge in [-0.1, -0.05) is 18.2 Å². The highest BCUT2D eigenvalue weighted by atomic mass is 32.2. The van der Waals surface area contributed by atoms with Crippen LogP contribution < -0.4 is 19.1 Å². The van der Waals surface area contributed by atoms with Gasteiger partial charge in [0.05, 0.1) is 22.1 Å². The molecule has 0 aliphatic rings. The second-order valence-corrected chi connectivity index (χ2v) is 12.0. The molecule has 13 heteroatoms. The van der Waals surface area contributed by atoms with Crippen LogP contribution in [0.2, 0.25) is 0 Å². The third-order valence-electron chi connectivity index (χ3n) is 5.52. The Morgan fingerprint density at radius 3 is 2.17 bits per heavy atom. The molecule has 40 heavy (non-hydrogen) atoms. The summed E-state index contributed by atoms with van der Waals surface area (Å²) in [6.45, 7) is 3.46. The van der Waals surface area contributed by atoms with Crippen LogP contribution in [0, 0.1) is 6.92 Å². The molecule has 0 saturated carbocycles. The van der Waals surface area contributed by atoms with E-state index in [1.165, 1.54) is 42.6 Å². The number of ether oxygens (including phenoxy) is 1. The van der Waals surface area contributed by atoms with Crippen molar-refractivity contribution in [3.63, 3.8) is 0 Å². The van der Waals surface area contributed by atoms with Gasteiger partial charge in [0.15, 0.2) is 0 Å². The van der Waals surface area contributed by atoms with Crippen molar-refractivity contribution in [1.29, 1.82) is 0 Å². The fourth-order valence-corrected chi connectivity index (χ4v) is 6.03. The molecule has 4 rings (SSSR count). The number of nitrogens with zero attached hydrogens (tertiary/aromatic N) is 3. The second-order valence-electron chi connectivity index (χ2n) is 8.45. The van der Waals surface area contributed by atoms with Gasteiger partial charge in [-0.05, 0) is 80.6 Å². The van der Waals surface area contributed by atoms with E-state index in [4.69, 9.17) is 4.74 Å². The Bertz CT molecular complexity index is 1680. The highest BCUT2D eigenvalue weighted by Crippen LogP contribution is 2.26. The maximum atomic E-state index is 13.5. The molecule has 4 aromatic rings. The van der Waals surface area contributed by atoms with E-state index in [9.17, 15) is 21.6 Å². The number of aryl methyl sites for hydroxylation is 1. The molecule has 0 spiro atoms. The topological polar surface area (TPSA) is 148 Å².